The van der Waals surface area contributed by atoms with Gasteiger partial charge in [-0.2, -0.15) is 4.72 Å². The van der Waals surface area contributed by atoms with E-state index in [0.717, 1.165) is 5.56 Å². The van der Waals surface area contributed by atoms with E-state index in [2.05, 4.69) is 10.0 Å². The van der Waals surface area contributed by atoms with E-state index >= 15 is 0 Å². The number of hydrogen-bond acceptors (Lipinski definition) is 4. The number of sulfonamides is 1. The number of amides is 1. The van der Waals surface area contributed by atoms with Crippen LogP contribution < -0.4 is 10.0 Å². The molecule has 0 radical (unpaired) electrons. The lowest BCUT2D eigenvalue weighted by atomic mass is 10.1. The molecule has 1 saturated heterocycles. The molecule has 21 heavy (non-hydrogen) atoms. The molecule has 7 heteroatoms. The van der Waals surface area contributed by atoms with Crippen LogP contribution in [0.4, 0.5) is 0 Å². The third-order valence-electron chi connectivity index (χ3n) is 3.83. The van der Waals surface area contributed by atoms with E-state index in [1.54, 1.807) is 19.2 Å². The molecule has 2 rings (SSSR count). The highest BCUT2D eigenvalue weighted by atomic mass is 32.2. The second-order valence-corrected chi connectivity index (χ2v) is 7.02. The van der Waals surface area contributed by atoms with Crippen molar-refractivity contribution in [3.05, 3.63) is 29.8 Å². The lowest BCUT2D eigenvalue weighted by molar-refractivity contribution is -0.127. The first-order valence-electron chi connectivity index (χ1n) is 6.89. The van der Waals surface area contributed by atoms with E-state index in [4.69, 9.17) is 0 Å². The number of carbonyl (C=O) groups excluding carboxylic acids is 1. The van der Waals surface area contributed by atoms with Gasteiger partial charge in [0, 0.05) is 19.6 Å². The fourth-order valence-electron chi connectivity index (χ4n) is 2.30. The first-order valence-corrected chi connectivity index (χ1v) is 8.38. The van der Waals surface area contributed by atoms with Gasteiger partial charge >= 0.3 is 0 Å². The summed E-state index contributed by atoms with van der Waals surface area (Å²) >= 11 is 0. The predicted molar refractivity (Wildman–Crippen MR) is 80.3 cm³/mol. The highest BCUT2D eigenvalue weighted by Gasteiger charge is 2.32. The van der Waals surface area contributed by atoms with Gasteiger partial charge in [0.25, 0.3) is 0 Å². The molecule has 1 aromatic rings. The van der Waals surface area contributed by atoms with Crippen molar-refractivity contribution in [3.63, 3.8) is 0 Å². The Morgan fingerprint density at radius 1 is 1.38 bits per heavy atom. The topological polar surface area (TPSA) is 78.5 Å². The Bertz CT molecular complexity index is 630. The molecule has 1 aliphatic rings. The van der Waals surface area contributed by atoms with Crippen molar-refractivity contribution in [1.82, 2.24) is 14.9 Å². The van der Waals surface area contributed by atoms with E-state index in [9.17, 15) is 13.2 Å². The summed E-state index contributed by atoms with van der Waals surface area (Å²) in [5.74, 6) is -0.182. The van der Waals surface area contributed by atoms with Gasteiger partial charge in [0.1, 0.15) is 6.04 Å². The molecule has 6 nitrogen and oxygen atoms in total. The molecular weight excluding hydrogens is 290 g/mol. The maximum Gasteiger partial charge on any atom is 0.241 e. The van der Waals surface area contributed by atoms with Gasteiger partial charge in [-0.15, -0.1) is 0 Å². The zero-order valence-corrected chi connectivity index (χ0v) is 13.3. The van der Waals surface area contributed by atoms with Crippen molar-refractivity contribution in [1.29, 1.82) is 0 Å². The van der Waals surface area contributed by atoms with Crippen LogP contribution in [0.15, 0.2) is 29.2 Å². The highest BCUT2D eigenvalue weighted by Crippen LogP contribution is 2.19. The number of nitrogens with zero attached hydrogens (tertiary/aromatic N) is 1. The summed E-state index contributed by atoms with van der Waals surface area (Å²) in [6.45, 7) is 2.53. The predicted octanol–water partition coefficient (Wildman–Crippen LogP) is 0.476. The second-order valence-electron chi connectivity index (χ2n) is 5.31. The molecule has 0 aliphatic carbocycles. The quantitative estimate of drug-likeness (QED) is 0.829. The van der Waals surface area contributed by atoms with E-state index < -0.39 is 16.1 Å². The SMILES string of the molecule is CNC(C)c1cccc(S(=O)(=O)NC2CCN(C)C2=O)c1. The molecule has 0 aromatic heterocycles. The summed E-state index contributed by atoms with van der Waals surface area (Å²) < 4.78 is 27.3. The molecule has 1 fully saturated rings. The summed E-state index contributed by atoms with van der Waals surface area (Å²) in [5, 5.41) is 3.07. The van der Waals surface area contributed by atoms with Crippen LogP contribution in [0.3, 0.4) is 0 Å². The van der Waals surface area contributed by atoms with Crippen molar-refractivity contribution in [2.24, 2.45) is 0 Å². The fourth-order valence-corrected chi connectivity index (χ4v) is 3.58. The Hall–Kier alpha value is -1.44. The Morgan fingerprint density at radius 3 is 2.67 bits per heavy atom. The van der Waals surface area contributed by atoms with Gasteiger partial charge < -0.3 is 10.2 Å². The molecule has 1 aromatic carbocycles. The average Bonchev–Trinajstić information content (AvgIpc) is 2.78. The largest absolute Gasteiger partial charge is 0.344 e. The maximum absolute atomic E-state index is 12.4. The first-order chi connectivity index (χ1) is 9.85. The van der Waals surface area contributed by atoms with E-state index in [-0.39, 0.29) is 16.8 Å². The zero-order valence-electron chi connectivity index (χ0n) is 12.5. The summed E-state index contributed by atoms with van der Waals surface area (Å²) in [5.41, 5.74) is 0.884. The molecule has 1 heterocycles. The number of likely N-dealkylation sites (tertiary alicyclic amines) is 1. The number of carbonyl (C=O) groups is 1. The minimum Gasteiger partial charge on any atom is -0.344 e. The zero-order chi connectivity index (χ0) is 15.6. The summed E-state index contributed by atoms with van der Waals surface area (Å²) in [6, 6.07) is 6.14. The summed E-state index contributed by atoms with van der Waals surface area (Å²) in [7, 11) is -0.201. The molecule has 1 amide bonds. The molecule has 2 atom stereocenters. The normalized spacial score (nSPS) is 20.8. The van der Waals surface area contributed by atoms with Gasteiger partial charge in [-0.1, -0.05) is 12.1 Å². The van der Waals surface area contributed by atoms with Crippen molar-refractivity contribution in [2.75, 3.05) is 20.6 Å². The summed E-state index contributed by atoms with van der Waals surface area (Å²) in [4.78, 5) is 13.5. The van der Waals surface area contributed by atoms with E-state index in [1.165, 1.54) is 11.0 Å². The Morgan fingerprint density at radius 2 is 2.10 bits per heavy atom. The Labute approximate surface area is 125 Å². The first kappa shape index (κ1) is 15.9. The monoisotopic (exact) mass is 311 g/mol. The lowest BCUT2D eigenvalue weighted by Gasteiger charge is -2.15. The standard InChI is InChI=1S/C14H21N3O3S/c1-10(15-2)11-5-4-6-12(9-11)21(19,20)16-13-7-8-17(3)14(13)18/h4-6,9-10,13,15-16H,7-8H2,1-3H3. The van der Waals surface area contributed by atoms with Crippen LogP contribution in [0.2, 0.25) is 0 Å². The molecule has 0 saturated carbocycles. The van der Waals surface area contributed by atoms with Crippen LogP contribution >= 0.6 is 0 Å². The van der Waals surface area contributed by atoms with Crippen molar-refractivity contribution in [3.8, 4) is 0 Å². The Kier molecular flexibility index (Phi) is 4.65. The van der Waals surface area contributed by atoms with Crippen molar-refractivity contribution >= 4 is 15.9 Å². The van der Waals surface area contributed by atoms with Gasteiger partial charge in [0.15, 0.2) is 0 Å². The lowest BCUT2D eigenvalue weighted by Crippen LogP contribution is -2.40. The summed E-state index contributed by atoms with van der Waals surface area (Å²) in [6.07, 6.45) is 0.501. The van der Waals surface area contributed by atoms with Crippen LogP contribution in [-0.4, -0.2) is 45.9 Å². The smallest absolute Gasteiger partial charge is 0.241 e. The number of likely N-dealkylation sites (N-methyl/N-ethyl adjacent to an activating group) is 1. The average molecular weight is 311 g/mol. The third kappa shape index (κ3) is 3.42. The van der Waals surface area contributed by atoms with Crippen LogP contribution in [0.5, 0.6) is 0 Å². The van der Waals surface area contributed by atoms with Crippen LogP contribution in [0.25, 0.3) is 0 Å². The highest BCUT2D eigenvalue weighted by molar-refractivity contribution is 7.89. The minimum absolute atomic E-state index is 0.0550. The molecular formula is C14H21N3O3S. The molecule has 2 N–H and O–H groups in total. The molecule has 116 valence electrons. The molecule has 0 spiro atoms. The van der Waals surface area contributed by atoms with Crippen LogP contribution in [0, 0.1) is 0 Å². The number of rotatable bonds is 5. The van der Waals surface area contributed by atoms with Gasteiger partial charge in [0.05, 0.1) is 4.90 Å². The minimum atomic E-state index is -3.69. The Balaban J connectivity index is 2.22. The van der Waals surface area contributed by atoms with Crippen molar-refractivity contribution < 1.29 is 13.2 Å². The van der Waals surface area contributed by atoms with Gasteiger partial charge in [-0.25, -0.2) is 8.42 Å². The second kappa shape index (κ2) is 6.13. The fraction of sp³-hybridized carbons (Fsp3) is 0.500. The van der Waals surface area contributed by atoms with Crippen molar-refractivity contribution in [2.45, 2.75) is 30.3 Å². The molecule has 2 unspecified atom stereocenters. The maximum atomic E-state index is 12.4. The third-order valence-corrected chi connectivity index (χ3v) is 5.30. The van der Waals surface area contributed by atoms with Crippen LogP contribution in [0.1, 0.15) is 24.9 Å². The van der Waals surface area contributed by atoms with Gasteiger partial charge in [0.2, 0.25) is 15.9 Å². The van der Waals surface area contributed by atoms with E-state index in [1.807, 2.05) is 20.0 Å². The number of benzene rings is 1. The van der Waals surface area contributed by atoms with E-state index in [0.29, 0.717) is 13.0 Å². The van der Waals surface area contributed by atoms with Gasteiger partial charge in [-0.3, -0.25) is 4.79 Å². The molecule has 0 bridgehead atoms. The number of hydrogen-bond donors (Lipinski definition) is 2. The van der Waals surface area contributed by atoms with Gasteiger partial charge in [-0.05, 0) is 38.1 Å². The number of nitrogens with one attached hydrogen (secondary N) is 2. The van der Waals surface area contributed by atoms with Crippen LogP contribution in [-0.2, 0) is 14.8 Å². The molecule has 1 aliphatic heterocycles.